The van der Waals surface area contributed by atoms with Crippen LogP contribution in [-0.4, -0.2) is 15.2 Å². The quantitative estimate of drug-likeness (QED) is 0.853. The van der Waals surface area contributed by atoms with Crippen LogP contribution in [0.4, 0.5) is 5.69 Å². The van der Waals surface area contributed by atoms with Gasteiger partial charge in [-0.15, -0.1) is 5.10 Å². The fourth-order valence-electron chi connectivity index (χ4n) is 1.78. The van der Waals surface area contributed by atoms with E-state index in [-0.39, 0.29) is 6.01 Å². The Bertz CT molecular complexity index is 584. The first-order valence-corrected chi connectivity index (χ1v) is 6.40. The summed E-state index contributed by atoms with van der Waals surface area (Å²) in [5.41, 5.74) is 9.32. The molecule has 5 heteroatoms. The lowest BCUT2D eigenvalue weighted by molar-refractivity contribution is 0.428. The van der Waals surface area contributed by atoms with Crippen molar-refractivity contribution in [2.75, 3.05) is 5.73 Å². The molecule has 2 N–H and O–H groups in total. The molecule has 0 aliphatic heterocycles. The maximum atomic E-state index is 5.77. The normalized spacial score (nSPS) is 10.5. The SMILES string of the molecule is CCc1nnc(Oc2ccc(N)c(C)c2)nc1CC. The summed E-state index contributed by atoms with van der Waals surface area (Å²) in [4.78, 5) is 4.38. The van der Waals surface area contributed by atoms with Gasteiger partial charge in [-0.1, -0.05) is 18.9 Å². The van der Waals surface area contributed by atoms with Gasteiger partial charge in [-0.3, -0.25) is 0 Å². The number of ether oxygens (including phenoxy) is 1. The van der Waals surface area contributed by atoms with Crippen molar-refractivity contribution in [3.8, 4) is 11.8 Å². The fourth-order valence-corrected chi connectivity index (χ4v) is 1.78. The molecule has 0 amide bonds. The molecule has 19 heavy (non-hydrogen) atoms. The molecule has 0 aliphatic carbocycles. The van der Waals surface area contributed by atoms with Crippen molar-refractivity contribution in [3.05, 3.63) is 35.2 Å². The van der Waals surface area contributed by atoms with Crippen molar-refractivity contribution in [1.29, 1.82) is 0 Å². The van der Waals surface area contributed by atoms with Crippen LogP contribution in [-0.2, 0) is 12.8 Å². The Morgan fingerprint density at radius 3 is 2.47 bits per heavy atom. The minimum atomic E-state index is 0.276. The van der Waals surface area contributed by atoms with Gasteiger partial charge in [-0.25, -0.2) is 0 Å². The van der Waals surface area contributed by atoms with Crippen molar-refractivity contribution in [1.82, 2.24) is 15.2 Å². The molecule has 2 aromatic rings. The van der Waals surface area contributed by atoms with E-state index in [4.69, 9.17) is 10.5 Å². The van der Waals surface area contributed by atoms with Crippen LogP contribution in [0.3, 0.4) is 0 Å². The van der Waals surface area contributed by atoms with Gasteiger partial charge in [0.15, 0.2) is 0 Å². The number of benzene rings is 1. The number of anilines is 1. The third-order valence-corrected chi connectivity index (χ3v) is 2.94. The summed E-state index contributed by atoms with van der Waals surface area (Å²) >= 11 is 0. The third-order valence-electron chi connectivity index (χ3n) is 2.94. The molecule has 1 heterocycles. The van der Waals surface area contributed by atoms with E-state index in [1.165, 1.54) is 0 Å². The predicted octanol–water partition coefficient (Wildman–Crippen LogP) is 2.68. The highest BCUT2D eigenvalue weighted by molar-refractivity contribution is 5.49. The second kappa shape index (κ2) is 5.65. The highest BCUT2D eigenvalue weighted by Gasteiger charge is 2.08. The van der Waals surface area contributed by atoms with Crippen molar-refractivity contribution in [2.45, 2.75) is 33.6 Å². The van der Waals surface area contributed by atoms with E-state index in [0.29, 0.717) is 5.75 Å². The Morgan fingerprint density at radius 1 is 1.11 bits per heavy atom. The van der Waals surface area contributed by atoms with E-state index >= 15 is 0 Å². The predicted molar refractivity (Wildman–Crippen MR) is 74.2 cm³/mol. The molecule has 5 nitrogen and oxygen atoms in total. The standard InChI is InChI=1S/C14H18N4O/c1-4-12-13(5-2)17-18-14(16-12)19-10-6-7-11(15)9(3)8-10/h6-8H,4-5,15H2,1-3H3. The lowest BCUT2D eigenvalue weighted by Crippen LogP contribution is -2.04. The number of rotatable bonds is 4. The largest absolute Gasteiger partial charge is 0.423 e. The molecular weight excluding hydrogens is 240 g/mol. The van der Waals surface area contributed by atoms with E-state index < -0.39 is 0 Å². The Labute approximate surface area is 112 Å². The smallest absolute Gasteiger partial charge is 0.341 e. The second-order valence-electron chi connectivity index (χ2n) is 4.32. The fraction of sp³-hybridized carbons (Fsp3) is 0.357. The highest BCUT2D eigenvalue weighted by atomic mass is 16.5. The van der Waals surface area contributed by atoms with Gasteiger partial charge in [0.1, 0.15) is 5.75 Å². The molecule has 0 saturated carbocycles. The van der Waals surface area contributed by atoms with Gasteiger partial charge in [0.05, 0.1) is 11.4 Å². The van der Waals surface area contributed by atoms with Crippen molar-refractivity contribution < 1.29 is 4.74 Å². The lowest BCUT2D eigenvalue weighted by atomic mass is 10.2. The average molecular weight is 258 g/mol. The van der Waals surface area contributed by atoms with Crippen LogP contribution in [0, 0.1) is 6.92 Å². The molecule has 0 bridgehead atoms. The van der Waals surface area contributed by atoms with Gasteiger partial charge in [0, 0.05) is 5.69 Å². The van der Waals surface area contributed by atoms with Crippen LogP contribution in [0.2, 0.25) is 0 Å². The van der Waals surface area contributed by atoms with Crippen LogP contribution in [0.25, 0.3) is 0 Å². The van der Waals surface area contributed by atoms with Gasteiger partial charge < -0.3 is 10.5 Å². The maximum absolute atomic E-state index is 5.77. The minimum Gasteiger partial charge on any atom is -0.423 e. The number of nitrogens with zero attached hydrogens (tertiary/aromatic N) is 3. The first-order valence-electron chi connectivity index (χ1n) is 6.40. The Morgan fingerprint density at radius 2 is 1.84 bits per heavy atom. The summed E-state index contributed by atoms with van der Waals surface area (Å²) in [5, 5.41) is 8.13. The van der Waals surface area contributed by atoms with E-state index in [1.807, 2.05) is 26.8 Å². The summed E-state index contributed by atoms with van der Waals surface area (Å²) in [6.07, 6.45) is 1.64. The zero-order valence-electron chi connectivity index (χ0n) is 11.5. The van der Waals surface area contributed by atoms with Crippen LogP contribution in [0.5, 0.6) is 11.8 Å². The Hall–Kier alpha value is -2.17. The molecule has 0 atom stereocenters. The Kier molecular flexibility index (Phi) is 3.94. The molecule has 100 valence electrons. The molecule has 0 saturated heterocycles. The molecule has 0 radical (unpaired) electrons. The monoisotopic (exact) mass is 258 g/mol. The van der Waals surface area contributed by atoms with Crippen LogP contribution in [0.15, 0.2) is 18.2 Å². The van der Waals surface area contributed by atoms with E-state index in [2.05, 4.69) is 15.2 Å². The summed E-state index contributed by atoms with van der Waals surface area (Å²) in [5.74, 6) is 0.666. The first kappa shape index (κ1) is 13.3. The molecule has 1 aromatic heterocycles. The number of aryl methyl sites for hydroxylation is 3. The molecule has 0 aliphatic rings. The van der Waals surface area contributed by atoms with E-state index in [0.717, 1.165) is 35.5 Å². The van der Waals surface area contributed by atoms with Crippen LogP contribution < -0.4 is 10.5 Å². The number of aromatic nitrogens is 3. The van der Waals surface area contributed by atoms with Gasteiger partial charge in [0.2, 0.25) is 0 Å². The molecule has 0 spiro atoms. The topological polar surface area (TPSA) is 73.9 Å². The maximum Gasteiger partial charge on any atom is 0.341 e. The zero-order chi connectivity index (χ0) is 13.8. The highest BCUT2D eigenvalue weighted by Crippen LogP contribution is 2.22. The zero-order valence-corrected chi connectivity index (χ0v) is 11.5. The molecular formula is C14H18N4O. The summed E-state index contributed by atoms with van der Waals surface area (Å²) < 4.78 is 5.62. The lowest BCUT2D eigenvalue weighted by Gasteiger charge is -2.08. The number of hydrogen-bond acceptors (Lipinski definition) is 5. The summed E-state index contributed by atoms with van der Waals surface area (Å²) in [7, 11) is 0. The van der Waals surface area contributed by atoms with Gasteiger partial charge in [-0.2, -0.15) is 4.98 Å². The van der Waals surface area contributed by atoms with Gasteiger partial charge in [0.25, 0.3) is 0 Å². The number of nitrogen functional groups attached to an aromatic ring is 1. The van der Waals surface area contributed by atoms with E-state index in [9.17, 15) is 0 Å². The van der Waals surface area contributed by atoms with Crippen molar-refractivity contribution >= 4 is 5.69 Å². The first-order chi connectivity index (χ1) is 9.13. The number of hydrogen-bond donors (Lipinski definition) is 1. The minimum absolute atomic E-state index is 0.276. The van der Waals surface area contributed by atoms with Gasteiger partial charge in [-0.05, 0) is 43.5 Å². The van der Waals surface area contributed by atoms with Crippen molar-refractivity contribution in [3.63, 3.8) is 0 Å². The molecule has 2 rings (SSSR count). The average Bonchev–Trinajstić information content (AvgIpc) is 2.43. The van der Waals surface area contributed by atoms with Gasteiger partial charge >= 0.3 is 6.01 Å². The molecule has 0 unspecified atom stereocenters. The second-order valence-corrected chi connectivity index (χ2v) is 4.32. The van der Waals surface area contributed by atoms with Crippen LogP contribution in [0.1, 0.15) is 30.8 Å². The van der Waals surface area contributed by atoms with Crippen LogP contribution >= 0.6 is 0 Å². The number of nitrogens with two attached hydrogens (primary N) is 1. The molecule has 0 fully saturated rings. The van der Waals surface area contributed by atoms with Crippen molar-refractivity contribution in [2.24, 2.45) is 0 Å². The summed E-state index contributed by atoms with van der Waals surface area (Å²) in [6.45, 7) is 6.01. The summed E-state index contributed by atoms with van der Waals surface area (Å²) in [6, 6.07) is 5.74. The molecule has 1 aromatic carbocycles. The van der Waals surface area contributed by atoms with E-state index in [1.54, 1.807) is 12.1 Å². The third kappa shape index (κ3) is 2.99. The Balaban J connectivity index is 2.25.